The molecule has 0 bridgehead atoms. The van der Waals surface area contributed by atoms with Gasteiger partial charge < -0.3 is 15.0 Å². The number of para-hydroxylation sites is 2. The molecule has 0 saturated carbocycles. The molecule has 1 aromatic heterocycles. The van der Waals surface area contributed by atoms with Crippen LogP contribution in [0, 0.1) is 0 Å². The van der Waals surface area contributed by atoms with Crippen LogP contribution in [-0.2, 0) is 10.0 Å². The van der Waals surface area contributed by atoms with Crippen LogP contribution in [0.3, 0.4) is 0 Å². The predicted octanol–water partition coefficient (Wildman–Crippen LogP) is 3.63. The van der Waals surface area contributed by atoms with E-state index in [9.17, 15) is 13.2 Å². The van der Waals surface area contributed by atoms with Crippen LogP contribution in [0.5, 0.6) is 5.75 Å². The number of hydrogen-bond donors (Lipinski definition) is 2. The van der Waals surface area contributed by atoms with Gasteiger partial charge in [-0.15, -0.1) is 0 Å². The monoisotopic (exact) mass is 456 g/mol. The SMILES string of the molecule is COc1ccc(C(=O)N[C@@H](C)c2nc3ccccc3[nH]2)cc1S(=O)(=O)N1CCCC[C@@H]1C. The number of aromatic nitrogens is 2. The van der Waals surface area contributed by atoms with Crippen LogP contribution < -0.4 is 10.1 Å². The summed E-state index contributed by atoms with van der Waals surface area (Å²) in [6.45, 7) is 4.20. The topological polar surface area (TPSA) is 104 Å². The Labute approximate surface area is 188 Å². The molecule has 0 radical (unpaired) electrons. The summed E-state index contributed by atoms with van der Waals surface area (Å²) in [7, 11) is -2.37. The smallest absolute Gasteiger partial charge is 0.251 e. The molecular formula is C23H28N4O4S. The summed E-state index contributed by atoms with van der Waals surface area (Å²) in [5, 5.41) is 2.90. The standard InChI is InChI=1S/C23H28N4O4S/c1-15-8-6-7-13-27(15)32(29,30)21-14-17(11-12-20(21)31-3)23(28)24-16(2)22-25-18-9-4-5-10-19(18)26-22/h4-5,9-12,14-16H,6-8,13H2,1-3H3,(H,24,28)(H,25,26)/t15-,16-/m0/s1. The van der Waals surface area contributed by atoms with Gasteiger partial charge in [0, 0.05) is 18.2 Å². The lowest BCUT2D eigenvalue weighted by Crippen LogP contribution is -2.42. The van der Waals surface area contributed by atoms with Crippen molar-refractivity contribution in [2.45, 2.75) is 50.1 Å². The Hall–Kier alpha value is -2.91. The molecular weight excluding hydrogens is 428 g/mol. The maximum atomic E-state index is 13.4. The molecule has 1 amide bonds. The lowest BCUT2D eigenvalue weighted by Gasteiger charge is -2.32. The Morgan fingerprint density at radius 3 is 2.75 bits per heavy atom. The van der Waals surface area contributed by atoms with Gasteiger partial charge in [-0.25, -0.2) is 13.4 Å². The number of nitrogens with zero attached hydrogens (tertiary/aromatic N) is 2. The molecule has 8 nitrogen and oxygen atoms in total. The highest BCUT2D eigenvalue weighted by Crippen LogP contribution is 2.32. The summed E-state index contributed by atoms with van der Waals surface area (Å²) in [5.74, 6) is 0.469. The number of benzene rings is 2. The van der Waals surface area contributed by atoms with Crippen LogP contribution in [0.4, 0.5) is 0 Å². The minimum atomic E-state index is -3.80. The van der Waals surface area contributed by atoms with Crippen LogP contribution in [0.2, 0.25) is 0 Å². The van der Waals surface area contributed by atoms with Gasteiger partial charge >= 0.3 is 0 Å². The number of carbonyl (C=O) groups excluding carboxylic acids is 1. The fourth-order valence-electron chi connectivity index (χ4n) is 4.10. The number of hydrogen-bond acceptors (Lipinski definition) is 5. The van der Waals surface area contributed by atoms with Crippen LogP contribution >= 0.6 is 0 Å². The Morgan fingerprint density at radius 2 is 2.03 bits per heavy atom. The Kier molecular flexibility index (Phi) is 6.21. The second-order valence-corrected chi connectivity index (χ2v) is 10.0. The third-order valence-electron chi connectivity index (χ3n) is 5.92. The van der Waals surface area contributed by atoms with Crippen LogP contribution in [0.15, 0.2) is 47.4 Å². The first-order valence-corrected chi connectivity index (χ1v) is 12.2. The van der Waals surface area contributed by atoms with Crippen molar-refractivity contribution in [3.05, 3.63) is 53.9 Å². The van der Waals surface area contributed by atoms with Gasteiger partial charge in [-0.2, -0.15) is 4.31 Å². The predicted molar refractivity (Wildman–Crippen MR) is 122 cm³/mol. The number of ether oxygens (including phenoxy) is 1. The van der Waals surface area contributed by atoms with E-state index in [1.165, 1.54) is 23.5 Å². The van der Waals surface area contributed by atoms with E-state index in [1.54, 1.807) is 6.07 Å². The maximum absolute atomic E-state index is 13.4. The minimum Gasteiger partial charge on any atom is -0.495 e. The van der Waals surface area contributed by atoms with Crippen molar-refractivity contribution in [3.8, 4) is 5.75 Å². The summed E-state index contributed by atoms with van der Waals surface area (Å²) in [6.07, 6.45) is 2.64. The lowest BCUT2D eigenvalue weighted by molar-refractivity contribution is 0.0938. The molecule has 1 fully saturated rings. The van der Waals surface area contributed by atoms with E-state index < -0.39 is 10.0 Å². The Bertz CT molecular complexity index is 1200. The number of imidazole rings is 1. The van der Waals surface area contributed by atoms with Crippen molar-refractivity contribution < 1.29 is 17.9 Å². The lowest BCUT2D eigenvalue weighted by atomic mass is 10.1. The Balaban J connectivity index is 1.60. The van der Waals surface area contributed by atoms with Crippen LogP contribution in [0.1, 0.15) is 55.3 Å². The quantitative estimate of drug-likeness (QED) is 0.589. The van der Waals surface area contributed by atoms with Gasteiger partial charge in [-0.05, 0) is 57.0 Å². The van der Waals surface area contributed by atoms with E-state index in [4.69, 9.17) is 4.74 Å². The zero-order chi connectivity index (χ0) is 22.9. The summed E-state index contributed by atoms with van der Waals surface area (Å²) >= 11 is 0. The Morgan fingerprint density at radius 1 is 1.25 bits per heavy atom. The number of piperidine rings is 1. The highest BCUT2D eigenvalue weighted by atomic mass is 32.2. The van der Waals surface area contributed by atoms with Crippen LogP contribution in [0.25, 0.3) is 11.0 Å². The number of fused-ring (bicyclic) bond motifs is 1. The van der Waals surface area contributed by atoms with E-state index >= 15 is 0 Å². The first kappa shape index (κ1) is 22.3. The zero-order valence-corrected chi connectivity index (χ0v) is 19.3. The van der Waals surface area contributed by atoms with Crippen molar-refractivity contribution in [3.63, 3.8) is 0 Å². The first-order chi connectivity index (χ1) is 15.3. The van der Waals surface area contributed by atoms with E-state index in [1.807, 2.05) is 38.1 Å². The second-order valence-electron chi connectivity index (χ2n) is 8.16. The summed E-state index contributed by atoms with van der Waals surface area (Å²) in [6, 6.07) is 11.6. The van der Waals surface area contributed by atoms with Crippen molar-refractivity contribution in [2.24, 2.45) is 0 Å². The van der Waals surface area contributed by atoms with Gasteiger partial charge in [0.1, 0.15) is 16.5 Å². The van der Waals surface area contributed by atoms with Crippen LogP contribution in [-0.4, -0.2) is 48.3 Å². The van der Waals surface area contributed by atoms with Gasteiger partial charge in [0.15, 0.2) is 0 Å². The fraction of sp³-hybridized carbons (Fsp3) is 0.391. The van der Waals surface area contributed by atoms with Crippen molar-refractivity contribution in [1.29, 1.82) is 0 Å². The molecule has 0 aliphatic carbocycles. The van der Waals surface area contributed by atoms with E-state index in [2.05, 4.69) is 15.3 Å². The molecule has 1 aliphatic heterocycles. The molecule has 2 aromatic carbocycles. The number of aromatic amines is 1. The van der Waals surface area contributed by atoms with Gasteiger partial charge in [0.05, 0.1) is 24.2 Å². The van der Waals surface area contributed by atoms with Crippen molar-refractivity contribution in [2.75, 3.05) is 13.7 Å². The van der Waals surface area contributed by atoms with E-state index in [-0.39, 0.29) is 34.2 Å². The molecule has 9 heteroatoms. The first-order valence-electron chi connectivity index (χ1n) is 10.8. The average molecular weight is 457 g/mol. The summed E-state index contributed by atoms with van der Waals surface area (Å²) in [4.78, 5) is 20.7. The number of rotatable bonds is 6. The van der Waals surface area contributed by atoms with Gasteiger partial charge in [0.2, 0.25) is 10.0 Å². The molecule has 170 valence electrons. The molecule has 2 N–H and O–H groups in total. The number of H-pyrrole nitrogens is 1. The van der Waals surface area contributed by atoms with Gasteiger partial charge in [-0.3, -0.25) is 4.79 Å². The molecule has 2 heterocycles. The molecule has 32 heavy (non-hydrogen) atoms. The normalized spacial score (nSPS) is 18.4. The van der Waals surface area contributed by atoms with Crippen molar-refractivity contribution in [1.82, 2.24) is 19.6 Å². The molecule has 2 atom stereocenters. The average Bonchev–Trinajstić information content (AvgIpc) is 3.23. The zero-order valence-electron chi connectivity index (χ0n) is 18.5. The highest BCUT2D eigenvalue weighted by molar-refractivity contribution is 7.89. The summed E-state index contributed by atoms with van der Waals surface area (Å²) in [5.41, 5.74) is 1.95. The second kappa shape index (κ2) is 8.91. The third-order valence-corrected chi connectivity index (χ3v) is 7.95. The largest absolute Gasteiger partial charge is 0.495 e. The van der Waals surface area contributed by atoms with Crippen molar-refractivity contribution >= 4 is 27.0 Å². The minimum absolute atomic E-state index is 0.0118. The number of nitrogens with one attached hydrogen (secondary N) is 2. The molecule has 4 rings (SSSR count). The van der Waals surface area contributed by atoms with E-state index in [0.717, 1.165) is 30.3 Å². The summed E-state index contributed by atoms with van der Waals surface area (Å²) < 4.78 is 33.6. The molecule has 1 saturated heterocycles. The van der Waals surface area contributed by atoms with Gasteiger partial charge in [0.25, 0.3) is 5.91 Å². The van der Waals surface area contributed by atoms with Gasteiger partial charge in [-0.1, -0.05) is 18.6 Å². The number of carbonyl (C=O) groups is 1. The highest BCUT2D eigenvalue weighted by Gasteiger charge is 2.33. The molecule has 0 spiro atoms. The molecule has 3 aromatic rings. The maximum Gasteiger partial charge on any atom is 0.251 e. The van der Waals surface area contributed by atoms with E-state index in [0.29, 0.717) is 12.4 Å². The molecule has 0 unspecified atom stereocenters. The molecule has 1 aliphatic rings. The number of methoxy groups -OCH3 is 1. The fourth-order valence-corrected chi connectivity index (χ4v) is 5.98. The third kappa shape index (κ3) is 4.22. The number of amides is 1. The number of sulfonamides is 1.